The van der Waals surface area contributed by atoms with Crippen LogP contribution in [-0.2, 0) is 9.59 Å². The van der Waals surface area contributed by atoms with Crippen molar-refractivity contribution in [2.75, 3.05) is 6.54 Å². The molecule has 1 heterocycles. The average molecular weight is 280 g/mol. The molecule has 1 aliphatic heterocycles. The molecule has 1 saturated heterocycles. The molecule has 2 amide bonds. The molecule has 0 radical (unpaired) electrons. The van der Waals surface area contributed by atoms with Crippen molar-refractivity contribution in [2.24, 2.45) is 11.8 Å². The highest BCUT2D eigenvalue weighted by Gasteiger charge is 2.39. The van der Waals surface area contributed by atoms with Crippen molar-refractivity contribution in [1.82, 2.24) is 10.2 Å². The van der Waals surface area contributed by atoms with Gasteiger partial charge in [0.15, 0.2) is 0 Å². The second-order valence-electron chi connectivity index (χ2n) is 6.49. The third-order valence-electron chi connectivity index (χ3n) is 5.17. The zero-order chi connectivity index (χ0) is 14.7. The molecule has 2 aliphatic rings. The van der Waals surface area contributed by atoms with Crippen molar-refractivity contribution in [2.45, 2.75) is 71.4 Å². The molecule has 0 aromatic carbocycles. The highest BCUT2D eigenvalue weighted by atomic mass is 16.2. The van der Waals surface area contributed by atoms with Crippen LogP contribution in [0.1, 0.15) is 59.3 Å². The molecule has 20 heavy (non-hydrogen) atoms. The standard InChI is InChI=1S/C16H28N2O2/c1-4-11(3)15-16(20)18(10-14(19)17-15)13-8-6-7-12(5-2)9-13/h11-13,15H,4-10H2,1-3H3,(H,17,19). The van der Waals surface area contributed by atoms with Crippen LogP contribution in [0.15, 0.2) is 0 Å². The fraction of sp³-hybridized carbons (Fsp3) is 0.875. The van der Waals surface area contributed by atoms with Gasteiger partial charge < -0.3 is 10.2 Å². The summed E-state index contributed by atoms with van der Waals surface area (Å²) in [5.41, 5.74) is 0. The third kappa shape index (κ3) is 3.15. The Bertz CT molecular complexity index is 369. The van der Waals surface area contributed by atoms with Crippen LogP contribution in [0, 0.1) is 11.8 Å². The second kappa shape index (κ2) is 6.59. The highest BCUT2D eigenvalue weighted by molar-refractivity contribution is 5.95. The summed E-state index contributed by atoms with van der Waals surface area (Å²) in [4.78, 5) is 26.5. The minimum Gasteiger partial charge on any atom is -0.342 e. The first-order valence-corrected chi connectivity index (χ1v) is 8.16. The summed E-state index contributed by atoms with van der Waals surface area (Å²) < 4.78 is 0. The smallest absolute Gasteiger partial charge is 0.246 e. The molecule has 2 rings (SSSR count). The number of nitrogens with one attached hydrogen (secondary N) is 1. The lowest BCUT2D eigenvalue weighted by molar-refractivity contribution is -0.149. The van der Waals surface area contributed by atoms with Gasteiger partial charge in [-0.1, -0.05) is 46.5 Å². The molecule has 4 atom stereocenters. The van der Waals surface area contributed by atoms with E-state index in [0.29, 0.717) is 5.92 Å². The van der Waals surface area contributed by atoms with Gasteiger partial charge in [0.1, 0.15) is 6.04 Å². The van der Waals surface area contributed by atoms with Crippen LogP contribution in [0.3, 0.4) is 0 Å². The molecule has 1 saturated carbocycles. The largest absolute Gasteiger partial charge is 0.342 e. The van der Waals surface area contributed by atoms with Crippen molar-refractivity contribution in [1.29, 1.82) is 0 Å². The van der Waals surface area contributed by atoms with Gasteiger partial charge in [-0.25, -0.2) is 0 Å². The average Bonchev–Trinajstić information content (AvgIpc) is 2.48. The third-order valence-corrected chi connectivity index (χ3v) is 5.17. The second-order valence-corrected chi connectivity index (χ2v) is 6.49. The molecule has 0 bridgehead atoms. The van der Waals surface area contributed by atoms with Gasteiger partial charge >= 0.3 is 0 Å². The summed E-state index contributed by atoms with van der Waals surface area (Å²) in [6.45, 7) is 6.59. The van der Waals surface area contributed by atoms with Crippen LogP contribution in [0.4, 0.5) is 0 Å². The van der Waals surface area contributed by atoms with Gasteiger partial charge in [-0.3, -0.25) is 9.59 Å². The number of hydrogen-bond donors (Lipinski definition) is 1. The molecular formula is C16H28N2O2. The summed E-state index contributed by atoms with van der Waals surface area (Å²) in [6, 6.07) is -0.0398. The van der Waals surface area contributed by atoms with Crippen molar-refractivity contribution in [3.05, 3.63) is 0 Å². The van der Waals surface area contributed by atoms with Crippen molar-refractivity contribution >= 4 is 11.8 Å². The van der Waals surface area contributed by atoms with Crippen molar-refractivity contribution in [3.8, 4) is 0 Å². The summed E-state index contributed by atoms with van der Waals surface area (Å²) in [5, 5.41) is 2.88. The molecule has 4 heteroatoms. The van der Waals surface area contributed by atoms with Gasteiger partial charge in [0, 0.05) is 6.04 Å². The maximum atomic E-state index is 12.7. The Balaban J connectivity index is 2.09. The van der Waals surface area contributed by atoms with Crippen LogP contribution in [-0.4, -0.2) is 35.3 Å². The SMILES string of the molecule is CCC1CCCC(N2CC(=O)NC(C(C)CC)C2=O)C1. The van der Waals surface area contributed by atoms with E-state index in [2.05, 4.69) is 19.2 Å². The van der Waals surface area contributed by atoms with Gasteiger partial charge in [0.25, 0.3) is 0 Å². The molecule has 4 nitrogen and oxygen atoms in total. The van der Waals surface area contributed by atoms with Crippen molar-refractivity contribution in [3.63, 3.8) is 0 Å². The van der Waals surface area contributed by atoms with Gasteiger partial charge in [-0.2, -0.15) is 0 Å². The minimum absolute atomic E-state index is 0.00789. The van der Waals surface area contributed by atoms with Crippen LogP contribution in [0.25, 0.3) is 0 Å². The van der Waals surface area contributed by atoms with E-state index in [1.807, 2.05) is 11.8 Å². The summed E-state index contributed by atoms with van der Waals surface area (Å²) in [6.07, 6.45) is 6.68. The van der Waals surface area contributed by atoms with Crippen molar-refractivity contribution < 1.29 is 9.59 Å². The van der Waals surface area contributed by atoms with Crippen LogP contribution < -0.4 is 5.32 Å². The fourth-order valence-corrected chi connectivity index (χ4v) is 3.54. The summed E-state index contributed by atoms with van der Waals surface area (Å²) in [7, 11) is 0. The van der Waals surface area contributed by atoms with Crippen LogP contribution in [0.2, 0.25) is 0 Å². The van der Waals surface area contributed by atoms with E-state index in [1.54, 1.807) is 0 Å². The Labute approximate surface area is 122 Å². The number of carbonyl (C=O) groups is 2. The lowest BCUT2D eigenvalue weighted by Crippen LogP contribution is -2.62. The maximum Gasteiger partial charge on any atom is 0.246 e. The predicted molar refractivity (Wildman–Crippen MR) is 79.1 cm³/mol. The number of hydrogen-bond acceptors (Lipinski definition) is 2. The van der Waals surface area contributed by atoms with E-state index >= 15 is 0 Å². The zero-order valence-electron chi connectivity index (χ0n) is 13.0. The van der Waals surface area contributed by atoms with Gasteiger partial charge in [-0.15, -0.1) is 0 Å². The molecule has 0 aromatic heterocycles. The maximum absolute atomic E-state index is 12.7. The van der Waals surface area contributed by atoms with Gasteiger partial charge in [0.2, 0.25) is 11.8 Å². The number of rotatable bonds is 4. The van der Waals surface area contributed by atoms with E-state index < -0.39 is 0 Å². The number of piperazine rings is 1. The van der Waals surface area contributed by atoms with Gasteiger partial charge in [0.05, 0.1) is 6.54 Å². The molecule has 2 fully saturated rings. The minimum atomic E-state index is -0.316. The quantitative estimate of drug-likeness (QED) is 0.859. The van der Waals surface area contributed by atoms with E-state index in [4.69, 9.17) is 0 Å². The first kappa shape index (κ1) is 15.3. The lowest BCUT2D eigenvalue weighted by Gasteiger charge is -2.42. The normalized spacial score (nSPS) is 33.0. The lowest BCUT2D eigenvalue weighted by atomic mass is 9.82. The van der Waals surface area contributed by atoms with E-state index in [9.17, 15) is 9.59 Å². The summed E-state index contributed by atoms with van der Waals surface area (Å²) in [5.74, 6) is 1.07. The number of nitrogens with zero attached hydrogens (tertiary/aromatic N) is 1. The van der Waals surface area contributed by atoms with Gasteiger partial charge in [-0.05, 0) is 24.7 Å². The number of amides is 2. The van der Waals surface area contributed by atoms with E-state index in [1.165, 1.54) is 19.3 Å². The first-order chi connectivity index (χ1) is 9.56. The fourth-order valence-electron chi connectivity index (χ4n) is 3.54. The molecule has 114 valence electrons. The Kier molecular flexibility index (Phi) is 5.06. The predicted octanol–water partition coefficient (Wildman–Crippen LogP) is 2.33. The summed E-state index contributed by atoms with van der Waals surface area (Å²) >= 11 is 0. The van der Waals surface area contributed by atoms with E-state index in [-0.39, 0.29) is 36.4 Å². The first-order valence-electron chi connectivity index (χ1n) is 8.16. The Morgan fingerprint density at radius 1 is 1.30 bits per heavy atom. The molecule has 0 spiro atoms. The topological polar surface area (TPSA) is 49.4 Å². The van der Waals surface area contributed by atoms with Crippen LogP contribution in [0.5, 0.6) is 0 Å². The Hall–Kier alpha value is -1.06. The monoisotopic (exact) mass is 280 g/mol. The number of carbonyl (C=O) groups excluding carboxylic acids is 2. The molecule has 1 aliphatic carbocycles. The molecule has 0 aromatic rings. The van der Waals surface area contributed by atoms with Crippen LogP contribution >= 0.6 is 0 Å². The Morgan fingerprint density at radius 3 is 2.70 bits per heavy atom. The van der Waals surface area contributed by atoms with E-state index in [0.717, 1.165) is 19.3 Å². The molecule has 1 N–H and O–H groups in total. The molecule has 4 unspecified atom stereocenters. The zero-order valence-corrected chi connectivity index (χ0v) is 13.0. The highest BCUT2D eigenvalue weighted by Crippen LogP contribution is 2.31. The Morgan fingerprint density at radius 2 is 2.05 bits per heavy atom. The molecular weight excluding hydrogens is 252 g/mol.